The van der Waals surface area contributed by atoms with Gasteiger partial charge in [0.15, 0.2) is 22.8 Å². The summed E-state index contributed by atoms with van der Waals surface area (Å²) in [6.07, 6.45) is -0.345. The summed E-state index contributed by atoms with van der Waals surface area (Å²) in [6, 6.07) is -0.736. The van der Waals surface area contributed by atoms with E-state index in [0.717, 1.165) is 11.8 Å². The van der Waals surface area contributed by atoms with Crippen LogP contribution in [0.15, 0.2) is 12.7 Å². The number of nitrogens with two attached hydrogens (primary N) is 1. The molecule has 1 saturated heterocycles. The number of nitrogens with zero attached hydrogens (tertiary/aromatic N) is 4. The lowest BCUT2D eigenvalue weighted by atomic mass is 10.00. The quantitative estimate of drug-likeness (QED) is 0.137. The van der Waals surface area contributed by atoms with E-state index in [4.69, 9.17) is 35.9 Å². The molecule has 1 aliphatic heterocycles. The molecular formula is C24H38ClN6O7PS. The number of fused-ring (bicyclic) bond motifs is 1. The number of anilines is 1. The first kappa shape index (κ1) is 32.9. The number of thioether (sulfide) groups is 1. The Labute approximate surface area is 244 Å². The van der Waals surface area contributed by atoms with Crippen molar-refractivity contribution in [2.75, 3.05) is 24.7 Å². The van der Waals surface area contributed by atoms with Crippen LogP contribution in [0.25, 0.3) is 11.2 Å². The molecule has 0 spiro atoms. The highest BCUT2D eigenvalue weighted by Gasteiger charge is 2.53. The van der Waals surface area contributed by atoms with Gasteiger partial charge in [0.1, 0.15) is 35.0 Å². The Hall–Kier alpha value is -1.64. The molecule has 0 saturated carbocycles. The van der Waals surface area contributed by atoms with Gasteiger partial charge in [0.05, 0.1) is 25.6 Å². The first-order chi connectivity index (χ1) is 18.6. The van der Waals surface area contributed by atoms with Gasteiger partial charge in [-0.2, -0.15) is 0 Å². The molecule has 6 atom stereocenters. The summed E-state index contributed by atoms with van der Waals surface area (Å²) in [5.41, 5.74) is 6.23. The number of aromatic nitrogens is 4. The van der Waals surface area contributed by atoms with Crippen molar-refractivity contribution in [1.29, 1.82) is 0 Å². The van der Waals surface area contributed by atoms with Crippen molar-refractivity contribution >= 4 is 60.0 Å². The molecule has 0 bridgehead atoms. The fourth-order valence-electron chi connectivity index (χ4n) is 3.66. The highest BCUT2D eigenvalue weighted by atomic mass is 35.5. The van der Waals surface area contributed by atoms with E-state index in [1.807, 2.05) is 20.8 Å². The number of nitrogens with one attached hydrogen (secondary N) is 1. The number of aliphatic hydroxyl groups is 1. The predicted molar refractivity (Wildman–Crippen MR) is 153 cm³/mol. The maximum absolute atomic E-state index is 12.4. The van der Waals surface area contributed by atoms with Crippen LogP contribution < -0.4 is 10.8 Å². The van der Waals surface area contributed by atoms with Gasteiger partial charge >= 0.3 is 5.97 Å². The number of rotatable bonds is 12. The molecule has 1 aliphatic rings. The molecule has 0 aromatic carbocycles. The van der Waals surface area contributed by atoms with Gasteiger partial charge in [-0.3, -0.25) is 14.2 Å². The standard InChI is InChI=1S/C24H38ClN6O7PS/c1-13(2)37-20(33)14(3)30-39(35-8-9-40-22(34)23(4,5)6)36-10-15-17(32)24(7,25)21(38-15)31-12-29-16-18(26)27-11-28-19(16)31/h11-15,17,21,30,32H,8-10H2,1-7H3,(H2,26,27,28)/t14-,15-,17-,21-,24-,39?/m1/s1. The van der Waals surface area contributed by atoms with Gasteiger partial charge < -0.3 is 29.4 Å². The monoisotopic (exact) mass is 620 g/mol. The number of esters is 1. The van der Waals surface area contributed by atoms with Crippen molar-refractivity contribution in [3.05, 3.63) is 12.7 Å². The molecule has 224 valence electrons. The minimum atomic E-state index is -1.84. The van der Waals surface area contributed by atoms with Crippen molar-refractivity contribution < 1.29 is 33.2 Å². The van der Waals surface area contributed by atoms with Gasteiger partial charge in [-0.15, -0.1) is 11.6 Å². The molecule has 2 aromatic heterocycles. The van der Waals surface area contributed by atoms with E-state index >= 15 is 0 Å². The van der Waals surface area contributed by atoms with E-state index in [2.05, 4.69) is 20.0 Å². The Morgan fingerprint density at radius 2 is 2.00 bits per heavy atom. The number of imidazole rings is 1. The first-order valence-electron chi connectivity index (χ1n) is 12.8. The lowest BCUT2D eigenvalue weighted by molar-refractivity contribution is -0.149. The molecule has 0 aliphatic carbocycles. The van der Waals surface area contributed by atoms with E-state index in [-0.39, 0.29) is 30.3 Å². The second kappa shape index (κ2) is 13.6. The molecule has 40 heavy (non-hydrogen) atoms. The van der Waals surface area contributed by atoms with Gasteiger partial charge in [0.2, 0.25) is 0 Å². The molecule has 1 fully saturated rings. The van der Waals surface area contributed by atoms with Gasteiger partial charge in [0, 0.05) is 11.2 Å². The molecule has 0 radical (unpaired) electrons. The van der Waals surface area contributed by atoms with E-state index in [9.17, 15) is 14.7 Å². The summed E-state index contributed by atoms with van der Waals surface area (Å²) in [5.74, 6) is 0.138. The smallest absolute Gasteiger partial charge is 0.323 e. The third kappa shape index (κ3) is 8.01. The number of halogens is 1. The van der Waals surface area contributed by atoms with Gasteiger partial charge in [-0.1, -0.05) is 32.5 Å². The number of nitrogen functional groups attached to an aromatic ring is 1. The molecule has 2 aromatic rings. The maximum atomic E-state index is 12.4. The molecule has 4 N–H and O–H groups in total. The van der Waals surface area contributed by atoms with Crippen molar-refractivity contribution in [2.24, 2.45) is 5.41 Å². The number of hydrogen-bond donors (Lipinski definition) is 3. The number of aliphatic hydroxyl groups excluding tert-OH is 1. The van der Waals surface area contributed by atoms with Gasteiger partial charge in [0.25, 0.3) is 8.53 Å². The Balaban J connectivity index is 1.68. The third-order valence-electron chi connectivity index (χ3n) is 5.85. The minimum Gasteiger partial charge on any atom is -0.462 e. The van der Waals surface area contributed by atoms with Crippen LogP contribution >= 0.6 is 31.9 Å². The van der Waals surface area contributed by atoms with Crippen LogP contribution in [0, 0.1) is 5.41 Å². The zero-order chi connectivity index (χ0) is 29.8. The molecule has 3 rings (SSSR count). The lowest BCUT2D eigenvalue weighted by Crippen LogP contribution is -2.40. The number of hydrogen-bond acceptors (Lipinski definition) is 13. The van der Waals surface area contributed by atoms with Gasteiger partial charge in [-0.25, -0.2) is 20.0 Å². The summed E-state index contributed by atoms with van der Waals surface area (Å²) in [6.45, 7) is 12.4. The molecule has 13 nitrogen and oxygen atoms in total. The maximum Gasteiger partial charge on any atom is 0.323 e. The van der Waals surface area contributed by atoms with Gasteiger partial charge in [-0.05, 0) is 27.7 Å². The largest absolute Gasteiger partial charge is 0.462 e. The minimum absolute atomic E-state index is 0.0390. The Bertz CT molecular complexity index is 1180. The first-order valence-corrected chi connectivity index (χ1v) is 15.3. The number of carbonyl (C=O) groups excluding carboxylic acids is 2. The normalized spacial score (nSPS) is 24.9. The molecule has 16 heteroatoms. The zero-order valence-corrected chi connectivity index (χ0v) is 26.1. The van der Waals surface area contributed by atoms with Crippen molar-refractivity contribution in [3.63, 3.8) is 0 Å². The summed E-state index contributed by atoms with van der Waals surface area (Å²) in [4.78, 5) is 35.8. The Morgan fingerprint density at radius 3 is 2.65 bits per heavy atom. The zero-order valence-electron chi connectivity index (χ0n) is 23.7. The summed E-state index contributed by atoms with van der Waals surface area (Å²) in [7, 11) is -1.84. The van der Waals surface area contributed by atoms with Crippen LogP contribution in [0.4, 0.5) is 5.82 Å². The fraction of sp³-hybridized carbons (Fsp3) is 0.708. The van der Waals surface area contributed by atoms with Crippen LogP contribution in [0.5, 0.6) is 0 Å². The number of carbonyl (C=O) groups is 2. The third-order valence-corrected chi connectivity index (χ3v) is 8.91. The van der Waals surface area contributed by atoms with Crippen molar-refractivity contribution in [1.82, 2.24) is 24.6 Å². The highest BCUT2D eigenvalue weighted by molar-refractivity contribution is 8.13. The van der Waals surface area contributed by atoms with E-state index < -0.39 is 49.3 Å². The molecule has 1 unspecified atom stereocenters. The van der Waals surface area contributed by atoms with E-state index in [1.54, 1.807) is 32.3 Å². The van der Waals surface area contributed by atoms with Crippen LogP contribution in [0.1, 0.15) is 54.7 Å². The van der Waals surface area contributed by atoms with Crippen molar-refractivity contribution in [2.45, 2.75) is 83.9 Å². The van der Waals surface area contributed by atoms with Crippen LogP contribution in [-0.4, -0.2) is 83.9 Å². The van der Waals surface area contributed by atoms with E-state index in [1.165, 1.54) is 12.7 Å². The van der Waals surface area contributed by atoms with Crippen LogP contribution in [0.3, 0.4) is 0 Å². The van der Waals surface area contributed by atoms with Crippen LogP contribution in [-0.2, 0) is 28.1 Å². The number of alkyl halides is 1. The average Bonchev–Trinajstić information content (AvgIpc) is 3.38. The number of ether oxygens (including phenoxy) is 2. The summed E-state index contributed by atoms with van der Waals surface area (Å²) in [5, 5.41) is 14.1. The summed E-state index contributed by atoms with van der Waals surface area (Å²) < 4.78 is 24.9. The highest BCUT2D eigenvalue weighted by Crippen LogP contribution is 2.45. The second-order valence-electron chi connectivity index (χ2n) is 10.8. The average molecular weight is 621 g/mol. The topological polar surface area (TPSA) is 173 Å². The molecule has 3 heterocycles. The predicted octanol–water partition coefficient (Wildman–Crippen LogP) is 3.16. The summed E-state index contributed by atoms with van der Waals surface area (Å²) >= 11 is 7.94. The second-order valence-corrected chi connectivity index (χ2v) is 14.0. The van der Waals surface area contributed by atoms with Crippen LogP contribution in [0.2, 0.25) is 0 Å². The molecule has 0 amide bonds. The van der Waals surface area contributed by atoms with E-state index in [0.29, 0.717) is 16.9 Å². The lowest BCUT2D eigenvalue weighted by Gasteiger charge is -2.26. The SMILES string of the molecule is CC(C)OC(=O)[C@@H](C)NP(OCCSC(=O)C(C)(C)C)OC[C@H]1O[C@@H](n2cnc3c(N)ncnc32)[C@](C)(Cl)[C@@H]1O. The Kier molecular flexibility index (Phi) is 11.1. The molecular weight excluding hydrogens is 583 g/mol. The Morgan fingerprint density at radius 1 is 1.30 bits per heavy atom. The fourth-order valence-corrected chi connectivity index (χ4v) is 6.05. The van der Waals surface area contributed by atoms with Crippen molar-refractivity contribution in [3.8, 4) is 0 Å².